The smallest absolute Gasteiger partial charge is 0.265 e. The van der Waals surface area contributed by atoms with E-state index in [1.165, 1.54) is 11.3 Å². The van der Waals surface area contributed by atoms with Gasteiger partial charge in [-0.15, -0.1) is 21.5 Å². The zero-order valence-corrected chi connectivity index (χ0v) is 20.5. The van der Waals surface area contributed by atoms with Crippen molar-refractivity contribution >= 4 is 22.9 Å². The van der Waals surface area contributed by atoms with E-state index in [1.54, 1.807) is 6.92 Å². The van der Waals surface area contributed by atoms with Gasteiger partial charge in [0.15, 0.2) is 0 Å². The third kappa shape index (κ3) is 4.64. The maximum Gasteiger partial charge on any atom is 0.265 e. The lowest BCUT2D eigenvalue weighted by Gasteiger charge is -2.41. The SMILES string of the molecule is Cc1nnc(-c2cccc(N3C=CC(N(C(=O)c4cccs4)[C@H]4CC[C@H](N(C)C)CC4)N3)c2)o1. The highest BCUT2D eigenvalue weighted by Crippen LogP contribution is 2.31. The molecule has 1 aliphatic heterocycles. The number of aromatic nitrogens is 2. The number of hydrogen-bond acceptors (Lipinski definition) is 8. The molecule has 3 heterocycles. The van der Waals surface area contributed by atoms with Gasteiger partial charge < -0.3 is 14.2 Å². The van der Waals surface area contributed by atoms with Crippen LogP contribution in [0.15, 0.2) is 58.5 Å². The van der Waals surface area contributed by atoms with Crippen LogP contribution < -0.4 is 10.4 Å². The van der Waals surface area contributed by atoms with E-state index < -0.39 is 0 Å². The molecule has 178 valence electrons. The van der Waals surface area contributed by atoms with E-state index in [1.807, 2.05) is 57.9 Å². The number of hydrazine groups is 1. The summed E-state index contributed by atoms with van der Waals surface area (Å²) in [5.74, 6) is 1.11. The predicted molar refractivity (Wildman–Crippen MR) is 133 cm³/mol. The van der Waals surface area contributed by atoms with Gasteiger partial charge in [0, 0.05) is 30.8 Å². The highest BCUT2D eigenvalue weighted by atomic mass is 32.1. The molecule has 1 saturated carbocycles. The molecule has 1 aromatic carbocycles. The molecule has 0 spiro atoms. The number of benzene rings is 1. The molecule has 0 bridgehead atoms. The third-order valence-electron chi connectivity index (χ3n) is 6.64. The van der Waals surface area contributed by atoms with Crippen molar-refractivity contribution < 1.29 is 9.21 Å². The number of aryl methyl sites for hydroxylation is 1. The van der Waals surface area contributed by atoms with E-state index in [0.717, 1.165) is 41.8 Å². The highest BCUT2D eigenvalue weighted by molar-refractivity contribution is 7.12. The van der Waals surface area contributed by atoms with Gasteiger partial charge in [-0.1, -0.05) is 12.1 Å². The van der Waals surface area contributed by atoms with E-state index >= 15 is 0 Å². The predicted octanol–water partition coefficient (Wildman–Crippen LogP) is 4.29. The van der Waals surface area contributed by atoms with Crippen LogP contribution in [-0.2, 0) is 0 Å². The fraction of sp³-hybridized carbons (Fsp3) is 0.400. The summed E-state index contributed by atoms with van der Waals surface area (Å²) in [6.07, 6.45) is 8.02. The Morgan fingerprint density at radius 1 is 1.12 bits per heavy atom. The fourth-order valence-electron chi connectivity index (χ4n) is 4.81. The minimum absolute atomic E-state index is 0.0855. The minimum Gasteiger partial charge on any atom is -0.421 e. The molecule has 1 aliphatic carbocycles. The molecule has 0 radical (unpaired) electrons. The second-order valence-corrected chi connectivity index (χ2v) is 10.0. The maximum absolute atomic E-state index is 13.6. The van der Waals surface area contributed by atoms with Crippen LogP contribution in [0.4, 0.5) is 5.69 Å². The van der Waals surface area contributed by atoms with Crippen molar-refractivity contribution in [3.05, 3.63) is 64.8 Å². The summed E-state index contributed by atoms with van der Waals surface area (Å²) >= 11 is 1.50. The summed E-state index contributed by atoms with van der Waals surface area (Å²) < 4.78 is 5.59. The Labute approximate surface area is 203 Å². The van der Waals surface area contributed by atoms with Crippen molar-refractivity contribution in [2.24, 2.45) is 0 Å². The summed E-state index contributed by atoms with van der Waals surface area (Å²) in [5, 5.41) is 12.0. The normalized spacial score (nSPS) is 22.5. The molecule has 0 saturated heterocycles. The van der Waals surface area contributed by atoms with Gasteiger partial charge in [-0.25, -0.2) is 5.43 Å². The van der Waals surface area contributed by atoms with Gasteiger partial charge in [-0.3, -0.25) is 9.80 Å². The summed E-state index contributed by atoms with van der Waals surface area (Å²) in [4.78, 5) is 18.7. The van der Waals surface area contributed by atoms with Crippen LogP contribution in [0.25, 0.3) is 11.5 Å². The zero-order valence-electron chi connectivity index (χ0n) is 19.7. The Morgan fingerprint density at radius 2 is 1.91 bits per heavy atom. The molecular formula is C25H30N6O2S. The quantitative estimate of drug-likeness (QED) is 0.566. The van der Waals surface area contributed by atoms with E-state index in [9.17, 15) is 4.79 Å². The van der Waals surface area contributed by atoms with E-state index in [0.29, 0.717) is 17.8 Å². The number of anilines is 1. The fourth-order valence-corrected chi connectivity index (χ4v) is 5.48. The van der Waals surface area contributed by atoms with Gasteiger partial charge in [-0.05, 0) is 75.5 Å². The first kappa shape index (κ1) is 22.8. The Balaban J connectivity index is 1.35. The molecule has 1 unspecified atom stereocenters. The van der Waals surface area contributed by atoms with Gasteiger partial charge in [0.05, 0.1) is 10.6 Å². The summed E-state index contributed by atoms with van der Waals surface area (Å²) in [6, 6.07) is 12.6. The monoisotopic (exact) mass is 478 g/mol. The lowest BCUT2D eigenvalue weighted by molar-refractivity contribution is 0.0492. The number of thiophene rings is 1. The number of carbonyl (C=O) groups excluding carboxylic acids is 1. The standard InChI is InChI=1S/C25H30N6O2S/c1-17-26-27-24(33-17)18-6-4-7-21(16-18)30-14-13-23(28-30)31(25(32)22-8-5-15-34-22)20-11-9-19(10-12-20)29(2)3/h4-8,13-16,19-20,23,28H,9-12H2,1-3H3/t19-,20-,23?. The molecular weight excluding hydrogens is 448 g/mol. The largest absolute Gasteiger partial charge is 0.421 e. The molecule has 1 atom stereocenters. The van der Waals surface area contributed by atoms with Crippen molar-refractivity contribution in [2.75, 3.05) is 19.1 Å². The first-order valence-electron chi connectivity index (χ1n) is 11.7. The second-order valence-electron chi connectivity index (χ2n) is 9.08. The summed E-state index contributed by atoms with van der Waals surface area (Å²) in [5.41, 5.74) is 5.31. The zero-order chi connectivity index (χ0) is 23.7. The molecule has 1 fully saturated rings. The van der Waals surface area contributed by atoms with Crippen LogP contribution in [0.5, 0.6) is 0 Å². The Hall–Kier alpha value is -3.01. The molecule has 9 heteroatoms. The molecule has 1 amide bonds. The minimum atomic E-state index is -0.218. The van der Waals surface area contributed by atoms with Gasteiger partial charge in [-0.2, -0.15) is 0 Å². The van der Waals surface area contributed by atoms with E-state index in [4.69, 9.17) is 4.42 Å². The van der Waals surface area contributed by atoms with E-state index in [-0.39, 0.29) is 18.1 Å². The Morgan fingerprint density at radius 3 is 2.59 bits per heavy atom. The van der Waals surface area contributed by atoms with Crippen molar-refractivity contribution in [3.8, 4) is 11.5 Å². The number of rotatable bonds is 6. The first-order chi connectivity index (χ1) is 16.5. The van der Waals surface area contributed by atoms with Gasteiger partial charge in [0.1, 0.15) is 6.17 Å². The van der Waals surface area contributed by atoms with Crippen LogP contribution in [-0.4, -0.2) is 58.2 Å². The number of nitrogens with one attached hydrogen (secondary N) is 1. The topological polar surface area (TPSA) is 77.7 Å². The number of amides is 1. The lowest BCUT2D eigenvalue weighted by atomic mass is 9.89. The Kier molecular flexibility index (Phi) is 6.49. The van der Waals surface area contributed by atoms with Crippen LogP contribution in [0.3, 0.4) is 0 Å². The lowest BCUT2D eigenvalue weighted by Crippen LogP contribution is -2.55. The van der Waals surface area contributed by atoms with Crippen LogP contribution in [0.2, 0.25) is 0 Å². The number of nitrogens with zero attached hydrogens (tertiary/aromatic N) is 5. The van der Waals surface area contributed by atoms with Crippen LogP contribution in [0.1, 0.15) is 41.2 Å². The molecule has 2 aliphatic rings. The summed E-state index contributed by atoms with van der Waals surface area (Å²) in [7, 11) is 4.28. The molecule has 5 rings (SSSR count). The molecule has 34 heavy (non-hydrogen) atoms. The van der Waals surface area contributed by atoms with E-state index in [2.05, 4.69) is 40.7 Å². The van der Waals surface area contributed by atoms with Gasteiger partial charge >= 0.3 is 0 Å². The third-order valence-corrected chi connectivity index (χ3v) is 7.50. The number of hydrogen-bond donors (Lipinski definition) is 1. The van der Waals surface area contributed by atoms with Crippen molar-refractivity contribution in [3.63, 3.8) is 0 Å². The molecule has 3 aromatic rings. The molecule has 2 aromatic heterocycles. The average Bonchev–Trinajstić information content (AvgIpc) is 3.62. The summed E-state index contributed by atoms with van der Waals surface area (Å²) in [6.45, 7) is 1.78. The Bertz CT molecular complexity index is 1150. The molecule has 1 N–H and O–H groups in total. The second kappa shape index (κ2) is 9.69. The van der Waals surface area contributed by atoms with Gasteiger partial charge in [0.25, 0.3) is 5.91 Å². The molecule has 8 nitrogen and oxygen atoms in total. The van der Waals surface area contributed by atoms with Crippen LogP contribution >= 0.6 is 11.3 Å². The number of carbonyl (C=O) groups is 1. The van der Waals surface area contributed by atoms with Crippen molar-refractivity contribution in [1.29, 1.82) is 0 Å². The van der Waals surface area contributed by atoms with Crippen molar-refractivity contribution in [2.45, 2.75) is 50.9 Å². The average molecular weight is 479 g/mol. The first-order valence-corrected chi connectivity index (χ1v) is 12.5. The van der Waals surface area contributed by atoms with Crippen molar-refractivity contribution in [1.82, 2.24) is 25.4 Å². The van der Waals surface area contributed by atoms with Gasteiger partial charge in [0.2, 0.25) is 11.8 Å². The maximum atomic E-state index is 13.6. The van der Waals surface area contributed by atoms with Crippen LogP contribution in [0, 0.1) is 6.92 Å². The highest BCUT2D eigenvalue weighted by Gasteiger charge is 2.36.